The molecule has 10 heteroatoms. The van der Waals surface area contributed by atoms with Crippen LogP contribution in [0.3, 0.4) is 0 Å². The van der Waals surface area contributed by atoms with Crippen LogP contribution in [-0.2, 0) is 9.47 Å². The first-order chi connectivity index (χ1) is 13.9. The number of nitrogens with one attached hydrogen (secondary N) is 2. The van der Waals surface area contributed by atoms with Crippen molar-refractivity contribution < 1.29 is 24.0 Å². The number of esters is 1. The van der Waals surface area contributed by atoms with Crippen LogP contribution in [0.1, 0.15) is 47.9 Å². The largest absolute Gasteiger partial charge is 0.462 e. The van der Waals surface area contributed by atoms with E-state index in [9.17, 15) is 14.4 Å². The third-order valence-corrected chi connectivity index (χ3v) is 6.40. The molecule has 1 aliphatic heterocycles. The minimum absolute atomic E-state index is 0.0510. The van der Waals surface area contributed by atoms with Gasteiger partial charge in [-0.1, -0.05) is 0 Å². The van der Waals surface area contributed by atoms with Gasteiger partial charge in [0.05, 0.1) is 44.8 Å². The Morgan fingerprint density at radius 3 is 2.52 bits per heavy atom. The molecule has 2 aromatic heterocycles. The van der Waals surface area contributed by atoms with Crippen molar-refractivity contribution in [3.05, 3.63) is 26.6 Å². The molecule has 1 atom stereocenters. The lowest BCUT2D eigenvalue weighted by atomic mass is 10.2. The molecule has 3 rings (SSSR count). The molecular formula is C19H27N4O5S+. The lowest BCUT2D eigenvalue weighted by Gasteiger charge is -2.34. The van der Waals surface area contributed by atoms with E-state index in [2.05, 4.69) is 9.97 Å². The number of nitrogens with zero attached hydrogens (tertiary/aromatic N) is 2. The van der Waals surface area contributed by atoms with E-state index in [1.165, 1.54) is 16.2 Å². The minimum atomic E-state index is -0.428. The summed E-state index contributed by atoms with van der Waals surface area (Å²) in [4.78, 5) is 48.1. The fourth-order valence-corrected chi connectivity index (χ4v) is 4.66. The summed E-state index contributed by atoms with van der Waals surface area (Å²) >= 11 is 1.19. The number of thiophene rings is 1. The highest BCUT2D eigenvalue weighted by Crippen LogP contribution is 2.28. The molecule has 2 N–H and O–H groups in total. The Balaban J connectivity index is 1.80. The fourth-order valence-electron chi connectivity index (χ4n) is 3.57. The highest BCUT2D eigenvalue weighted by atomic mass is 32.1. The van der Waals surface area contributed by atoms with E-state index in [1.54, 1.807) is 25.7 Å². The molecule has 2 aromatic rings. The van der Waals surface area contributed by atoms with E-state index in [-0.39, 0.29) is 24.3 Å². The second kappa shape index (κ2) is 8.91. The van der Waals surface area contributed by atoms with Crippen molar-refractivity contribution >= 4 is 33.6 Å². The number of amides is 1. The molecule has 0 aromatic carbocycles. The summed E-state index contributed by atoms with van der Waals surface area (Å²) in [6.45, 7) is 10.6. The first-order valence-corrected chi connectivity index (χ1v) is 10.7. The Hall–Kier alpha value is -2.46. The molecular weight excluding hydrogens is 396 g/mol. The Bertz CT molecular complexity index is 961. The number of carbonyl (C=O) groups is 2. The van der Waals surface area contributed by atoms with Crippen LogP contribution in [0.4, 0.5) is 4.79 Å². The molecule has 0 radical (unpaired) electrons. The number of fused-ring (bicyclic) bond motifs is 1. The molecule has 9 nitrogen and oxygen atoms in total. The van der Waals surface area contributed by atoms with Crippen LogP contribution in [0.25, 0.3) is 10.2 Å². The second-order valence-electron chi connectivity index (χ2n) is 6.97. The number of hydrogen-bond acceptors (Lipinski definition) is 7. The third-order valence-electron chi connectivity index (χ3n) is 5.23. The molecule has 158 valence electrons. The van der Waals surface area contributed by atoms with Crippen molar-refractivity contribution in [3.63, 3.8) is 0 Å². The van der Waals surface area contributed by atoms with Crippen LogP contribution in [0.5, 0.6) is 0 Å². The highest BCUT2D eigenvalue weighted by Gasteiger charge is 2.30. The normalized spacial score (nSPS) is 16.1. The van der Waals surface area contributed by atoms with Gasteiger partial charge in [-0.05, 0) is 33.3 Å². The summed E-state index contributed by atoms with van der Waals surface area (Å²) in [6.07, 6.45) is -0.285. The van der Waals surface area contributed by atoms with Crippen molar-refractivity contribution in [1.82, 2.24) is 14.9 Å². The number of ether oxygens (including phenoxy) is 2. The van der Waals surface area contributed by atoms with Crippen molar-refractivity contribution in [1.29, 1.82) is 0 Å². The van der Waals surface area contributed by atoms with Crippen LogP contribution >= 0.6 is 11.3 Å². The van der Waals surface area contributed by atoms with Gasteiger partial charge in [-0.2, -0.15) is 0 Å². The standard InChI is InChI=1S/C19H26N4O5S/c1-5-27-18(25)14-11(3)13-16(24)20-15(21-17(13)29-14)12(4)22-7-9-23(10-8-22)19(26)28-6-2/h12H,5-10H2,1-4H3,(H,20,21,24)/p+1/t12-/m0/s1. The van der Waals surface area contributed by atoms with Gasteiger partial charge in [0, 0.05) is 0 Å². The molecule has 1 amide bonds. The summed E-state index contributed by atoms with van der Waals surface area (Å²) in [5.74, 6) is 0.154. The number of aryl methyl sites for hydroxylation is 1. The zero-order valence-electron chi connectivity index (χ0n) is 17.2. The third kappa shape index (κ3) is 4.27. The van der Waals surface area contributed by atoms with Crippen molar-refractivity contribution in [2.75, 3.05) is 39.4 Å². The van der Waals surface area contributed by atoms with E-state index in [0.29, 0.717) is 46.2 Å². The van der Waals surface area contributed by atoms with Crippen LogP contribution in [0, 0.1) is 6.92 Å². The lowest BCUT2D eigenvalue weighted by molar-refractivity contribution is -0.934. The average Bonchev–Trinajstić information content (AvgIpc) is 3.05. The lowest BCUT2D eigenvalue weighted by Crippen LogP contribution is -3.14. The second-order valence-corrected chi connectivity index (χ2v) is 7.97. The zero-order valence-corrected chi connectivity index (χ0v) is 18.0. The van der Waals surface area contributed by atoms with Crippen LogP contribution in [-0.4, -0.2) is 66.3 Å². The van der Waals surface area contributed by atoms with Gasteiger partial charge >= 0.3 is 12.1 Å². The van der Waals surface area contributed by atoms with Gasteiger partial charge in [-0.15, -0.1) is 11.3 Å². The van der Waals surface area contributed by atoms with Crippen LogP contribution < -0.4 is 10.5 Å². The monoisotopic (exact) mass is 423 g/mol. The predicted octanol–water partition coefficient (Wildman–Crippen LogP) is 0.888. The van der Waals surface area contributed by atoms with E-state index >= 15 is 0 Å². The maximum atomic E-state index is 12.7. The van der Waals surface area contributed by atoms with Gasteiger partial charge in [0.1, 0.15) is 15.7 Å². The number of carbonyl (C=O) groups excluding carboxylic acids is 2. The fraction of sp³-hybridized carbons (Fsp3) is 0.579. The SMILES string of the molecule is CCOC(=O)c1sc2nc([C@H](C)[NH+]3CCN(C(=O)OCC)CC3)[nH]c(=O)c2c1C. The summed E-state index contributed by atoms with van der Waals surface area (Å²) < 4.78 is 10.1. The smallest absolute Gasteiger partial charge is 0.410 e. The summed E-state index contributed by atoms with van der Waals surface area (Å²) in [7, 11) is 0. The van der Waals surface area contributed by atoms with E-state index in [4.69, 9.17) is 9.47 Å². The van der Waals surface area contributed by atoms with Crippen molar-refractivity contribution in [2.45, 2.75) is 33.7 Å². The Labute approximate surface area is 172 Å². The zero-order chi connectivity index (χ0) is 21.1. The van der Waals surface area contributed by atoms with Gasteiger partial charge in [-0.3, -0.25) is 9.69 Å². The molecule has 0 bridgehead atoms. The molecule has 1 fully saturated rings. The summed E-state index contributed by atoms with van der Waals surface area (Å²) in [5.41, 5.74) is 0.359. The van der Waals surface area contributed by atoms with E-state index < -0.39 is 5.97 Å². The topological polar surface area (TPSA) is 106 Å². The molecule has 0 saturated carbocycles. The maximum Gasteiger partial charge on any atom is 0.410 e. The number of piperazine rings is 1. The number of hydrogen-bond donors (Lipinski definition) is 2. The Kier molecular flexibility index (Phi) is 6.53. The molecule has 1 saturated heterocycles. The average molecular weight is 424 g/mol. The predicted molar refractivity (Wildman–Crippen MR) is 109 cm³/mol. The number of aromatic amines is 1. The number of rotatable bonds is 5. The van der Waals surface area contributed by atoms with Gasteiger partial charge < -0.3 is 19.4 Å². The quantitative estimate of drug-likeness (QED) is 0.692. The number of H-pyrrole nitrogens is 1. The Morgan fingerprint density at radius 2 is 1.90 bits per heavy atom. The van der Waals surface area contributed by atoms with Crippen LogP contribution in [0.15, 0.2) is 4.79 Å². The van der Waals surface area contributed by atoms with Crippen LogP contribution in [0.2, 0.25) is 0 Å². The molecule has 29 heavy (non-hydrogen) atoms. The van der Waals surface area contributed by atoms with Gasteiger partial charge in [-0.25, -0.2) is 14.6 Å². The van der Waals surface area contributed by atoms with E-state index in [0.717, 1.165) is 13.1 Å². The molecule has 0 spiro atoms. The highest BCUT2D eigenvalue weighted by molar-refractivity contribution is 7.20. The summed E-state index contributed by atoms with van der Waals surface area (Å²) in [6, 6.07) is -0.0510. The molecule has 1 aliphatic rings. The Morgan fingerprint density at radius 1 is 1.24 bits per heavy atom. The first-order valence-electron chi connectivity index (χ1n) is 9.84. The molecule has 0 aliphatic carbocycles. The first kappa shape index (κ1) is 21.3. The van der Waals surface area contributed by atoms with E-state index in [1.807, 2.05) is 6.92 Å². The minimum Gasteiger partial charge on any atom is -0.462 e. The number of quaternary nitrogens is 1. The molecule has 3 heterocycles. The van der Waals surface area contributed by atoms with Gasteiger partial charge in [0.25, 0.3) is 5.56 Å². The summed E-state index contributed by atoms with van der Waals surface area (Å²) in [5, 5.41) is 0.441. The molecule has 0 unspecified atom stereocenters. The maximum absolute atomic E-state index is 12.7. The van der Waals surface area contributed by atoms with Crippen molar-refractivity contribution in [2.24, 2.45) is 0 Å². The van der Waals surface area contributed by atoms with Crippen molar-refractivity contribution in [3.8, 4) is 0 Å². The number of aromatic nitrogens is 2. The van der Waals surface area contributed by atoms with Gasteiger partial charge in [0.15, 0.2) is 5.82 Å². The van der Waals surface area contributed by atoms with Gasteiger partial charge in [0.2, 0.25) is 0 Å².